The molecular formula is C12H21N3O2S. The minimum Gasteiger partial charge on any atom is -0.384 e. The maximum Gasteiger partial charge on any atom is 0.179 e. The molecule has 0 spiro atoms. The van der Waals surface area contributed by atoms with Gasteiger partial charge in [-0.15, -0.1) is 0 Å². The summed E-state index contributed by atoms with van der Waals surface area (Å²) in [5, 5.41) is 3.18. The van der Waals surface area contributed by atoms with Crippen molar-refractivity contribution in [3.8, 4) is 0 Å². The lowest BCUT2D eigenvalue weighted by atomic mass is 10.3. The molecule has 0 saturated carbocycles. The van der Waals surface area contributed by atoms with Crippen LogP contribution in [0.4, 0.5) is 5.69 Å². The van der Waals surface area contributed by atoms with Crippen LogP contribution in [0.2, 0.25) is 0 Å². The first-order valence-corrected chi connectivity index (χ1v) is 7.67. The molecule has 1 aromatic rings. The van der Waals surface area contributed by atoms with Gasteiger partial charge in [-0.1, -0.05) is 6.92 Å². The van der Waals surface area contributed by atoms with E-state index in [1.807, 2.05) is 14.1 Å². The Morgan fingerprint density at radius 2 is 2.06 bits per heavy atom. The Morgan fingerprint density at radius 1 is 1.33 bits per heavy atom. The van der Waals surface area contributed by atoms with Crippen molar-refractivity contribution in [1.82, 2.24) is 9.88 Å². The molecule has 0 aliphatic carbocycles. The third kappa shape index (κ3) is 4.62. The van der Waals surface area contributed by atoms with Gasteiger partial charge in [0.25, 0.3) is 0 Å². The molecule has 18 heavy (non-hydrogen) atoms. The fourth-order valence-corrected chi connectivity index (χ4v) is 2.34. The number of nitrogens with one attached hydrogen (secondary N) is 1. The van der Waals surface area contributed by atoms with Gasteiger partial charge in [0.05, 0.1) is 22.5 Å². The molecule has 0 aromatic carbocycles. The van der Waals surface area contributed by atoms with Crippen LogP contribution >= 0.6 is 0 Å². The van der Waals surface area contributed by atoms with Crippen LogP contribution in [0.25, 0.3) is 0 Å². The Morgan fingerprint density at radius 3 is 2.67 bits per heavy atom. The predicted octanol–water partition coefficient (Wildman–Crippen LogP) is 1.24. The first-order chi connectivity index (χ1) is 8.45. The molecule has 0 radical (unpaired) electrons. The van der Waals surface area contributed by atoms with Gasteiger partial charge in [0, 0.05) is 12.7 Å². The number of nitrogens with zero attached hydrogens (tertiary/aromatic N) is 2. The van der Waals surface area contributed by atoms with Crippen molar-refractivity contribution in [2.24, 2.45) is 0 Å². The number of hydrogen-bond acceptors (Lipinski definition) is 5. The number of rotatable bonds is 7. The SMILES string of the molecule is CCS(=O)(=O)c1cncc(NCCCN(C)C)c1. The van der Waals surface area contributed by atoms with E-state index in [9.17, 15) is 8.42 Å². The van der Waals surface area contributed by atoms with Crippen LogP contribution in [-0.4, -0.2) is 51.2 Å². The third-order valence-electron chi connectivity index (χ3n) is 2.56. The Bertz CT molecular complexity index is 472. The van der Waals surface area contributed by atoms with E-state index in [-0.39, 0.29) is 10.6 Å². The molecule has 1 heterocycles. The Kier molecular flexibility index (Phi) is 5.55. The van der Waals surface area contributed by atoms with Gasteiger partial charge in [-0.25, -0.2) is 8.42 Å². The highest BCUT2D eigenvalue weighted by molar-refractivity contribution is 7.91. The molecular weight excluding hydrogens is 250 g/mol. The van der Waals surface area contributed by atoms with Crippen molar-refractivity contribution in [2.45, 2.75) is 18.2 Å². The zero-order chi connectivity index (χ0) is 13.6. The molecule has 0 aliphatic rings. The van der Waals surface area contributed by atoms with Crippen LogP contribution in [0.15, 0.2) is 23.4 Å². The van der Waals surface area contributed by atoms with E-state index in [2.05, 4.69) is 15.2 Å². The largest absolute Gasteiger partial charge is 0.384 e. The maximum atomic E-state index is 11.7. The molecule has 0 saturated heterocycles. The Hall–Kier alpha value is -1.14. The molecule has 1 N–H and O–H groups in total. The van der Waals surface area contributed by atoms with E-state index < -0.39 is 9.84 Å². The van der Waals surface area contributed by atoms with Crippen LogP contribution < -0.4 is 5.32 Å². The summed E-state index contributed by atoms with van der Waals surface area (Å²) in [6.45, 7) is 3.43. The normalized spacial score (nSPS) is 11.8. The van der Waals surface area contributed by atoms with Crippen molar-refractivity contribution in [3.05, 3.63) is 18.5 Å². The maximum absolute atomic E-state index is 11.7. The summed E-state index contributed by atoms with van der Waals surface area (Å²) in [7, 11) is 0.872. The van der Waals surface area contributed by atoms with Crippen molar-refractivity contribution in [2.75, 3.05) is 38.3 Å². The predicted molar refractivity (Wildman–Crippen MR) is 73.6 cm³/mol. The zero-order valence-electron chi connectivity index (χ0n) is 11.2. The summed E-state index contributed by atoms with van der Waals surface area (Å²) in [5.74, 6) is 0.0960. The number of hydrogen-bond donors (Lipinski definition) is 1. The van der Waals surface area contributed by atoms with Gasteiger partial charge >= 0.3 is 0 Å². The Balaban J connectivity index is 2.61. The second-order valence-corrected chi connectivity index (χ2v) is 6.67. The summed E-state index contributed by atoms with van der Waals surface area (Å²) in [6, 6.07) is 1.64. The molecule has 0 aliphatic heterocycles. The highest BCUT2D eigenvalue weighted by atomic mass is 32.2. The van der Waals surface area contributed by atoms with Crippen molar-refractivity contribution in [1.29, 1.82) is 0 Å². The fourth-order valence-electron chi connectivity index (χ4n) is 1.48. The summed E-state index contributed by atoms with van der Waals surface area (Å²) >= 11 is 0. The molecule has 5 nitrogen and oxygen atoms in total. The average Bonchev–Trinajstić information content (AvgIpc) is 2.35. The average molecular weight is 271 g/mol. The van der Waals surface area contributed by atoms with Gasteiger partial charge in [-0.3, -0.25) is 4.98 Å². The topological polar surface area (TPSA) is 62.3 Å². The molecule has 0 bridgehead atoms. The molecule has 1 rings (SSSR count). The van der Waals surface area contributed by atoms with Crippen LogP contribution in [0.3, 0.4) is 0 Å². The van der Waals surface area contributed by atoms with Crippen molar-refractivity contribution in [3.63, 3.8) is 0 Å². The molecule has 0 fully saturated rings. The number of aromatic nitrogens is 1. The summed E-state index contributed by atoms with van der Waals surface area (Å²) in [4.78, 5) is 6.35. The number of anilines is 1. The lowest BCUT2D eigenvalue weighted by Crippen LogP contribution is -2.16. The van der Waals surface area contributed by atoms with Crippen LogP contribution in [0.5, 0.6) is 0 Å². The molecule has 6 heteroatoms. The number of sulfone groups is 1. The van der Waals surface area contributed by atoms with Gasteiger partial charge in [-0.2, -0.15) is 0 Å². The minimum atomic E-state index is -3.18. The van der Waals surface area contributed by atoms with E-state index in [1.54, 1.807) is 19.2 Å². The first-order valence-electron chi connectivity index (χ1n) is 6.02. The van der Waals surface area contributed by atoms with Gasteiger partial charge in [0.1, 0.15) is 0 Å². The van der Waals surface area contributed by atoms with Gasteiger partial charge < -0.3 is 10.2 Å². The Labute approximate surface area is 109 Å². The van der Waals surface area contributed by atoms with E-state index in [1.165, 1.54) is 6.20 Å². The van der Waals surface area contributed by atoms with E-state index in [0.29, 0.717) is 0 Å². The monoisotopic (exact) mass is 271 g/mol. The van der Waals surface area contributed by atoms with Crippen LogP contribution in [0.1, 0.15) is 13.3 Å². The second-order valence-electron chi connectivity index (χ2n) is 4.40. The van der Waals surface area contributed by atoms with Crippen molar-refractivity contribution >= 4 is 15.5 Å². The zero-order valence-corrected chi connectivity index (χ0v) is 12.0. The third-order valence-corrected chi connectivity index (χ3v) is 4.27. The highest BCUT2D eigenvalue weighted by Crippen LogP contribution is 2.14. The molecule has 0 unspecified atom stereocenters. The molecule has 0 atom stereocenters. The summed E-state index contributed by atoms with van der Waals surface area (Å²) in [6.07, 6.45) is 4.03. The van der Waals surface area contributed by atoms with Gasteiger partial charge in [0.15, 0.2) is 9.84 Å². The van der Waals surface area contributed by atoms with Crippen molar-refractivity contribution < 1.29 is 8.42 Å². The van der Waals surface area contributed by atoms with Gasteiger partial charge in [-0.05, 0) is 33.1 Å². The van der Waals surface area contributed by atoms with E-state index in [0.717, 1.165) is 25.2 Å². The molecule has 102 valence electrons. The first kappa shape index (κ1) is 14.9. The molecule has 0 amide bonds. The lowest BCUT2D eigenvalue weighted by Gasteiger charge is -2.11. The number of pyridine rings is 1. The fraction of sp³-hybridized carbons (Fsp3) is 0.583. The minimum absolute atomic E-state index is 0.0960. The second kappa shape index (κ2) is 6.70. The quantitative estimate of drug-likeness (QED) is 0.756. The lowest BCUT2D eigenvalue weighted by molar-refractivity contribution is 0.405. The van der Waals surface area contributed by atoms with Crippen LogP contribution in [0, 0.1) is 0 Å². The molecule has 1 aromatic heterocycles. The smallest absolute Gasteiger partial charge is 0.179 e. The van der Waals surface area contributed by atoms with E-state index in [4.69, 9.17) is 0 Å². The standard InChI is InChI=1S/C12H21N3O2S/c1-4-18(16,17)12-8-11(9-13-10-12)14-6-5-7-15(2)3/h8-10,14H,4-7H2,1-3H3. The van der Waals surface area contributed by atoms with Crippen LogP contribution in [-0.2, 0) is 9.84 Å². The van der Waals surface area contributed by atoms with E-state index >= 15 is 0 Å². The van der Waals surface area contributed by atoms with Gasteiger partial charge in [0.2, 0.25) is 0 Å². The summed E-state index contributed by atoms with van der Waals surface area (Å²) < 4.78 is 23.4. The highest BCUT2D eigenvalue weighted by Gasteiger charge is 2.12. The summed E-state index contributed by atoms with van der Waals surface area (Å²) in [5.41, 5.74) is 0.753.